The summed E-state index contributed by atoms with van der Waals surface area (Å²) in [5.74, 6) is -2.36. The Morgan fingerprint density at radius 2 is 1.58 bits per heavy atom. The lowest BCUT2D eigenvalue weighted by molar-refractivity contribution is -0.132. The number of hydrogen-bond donors (Lipinski definition) is 0. The minimum absolute atomic E-state index is 0.0105. The molecule has 0 N–H and O–H groups in total. The van der Waals surface area contributed by atoms with Gasteiger partial charge < -0.3 is 19.1 Å². The predicted molar refractivity (Wildman–Crippen MR) is 114 cm³/mol. The number of hydrogen-bond acceptors (Lipinski definition) is 7. The largest absolute Gasteiger partial charge is 0.465 e. The summed E-state index contributed by atoms with van der Waals surface area (Å²) >= 11 is 12.3. The first-order valence-corrected chi connectivity index (χ1v) is 9.64. The van der Waals surface area contributed by atoms with E-state index in [1.165, 1.54) is 63.1 Å². The highest BCUT2D eigenvalue weighted by Crippen LogP contribution is 2.35. The van der Waals surface area contributed by atoms with Crippen LogP contribution in [0.15, 0.2) is 30.3 Å². The number of esters is 3. The number of benzene rings is 2. The van der Waals surface area contributed by atoms with Crippen molar-refractivity contribution < 1.29 is 33.4 Å². The second-order valence-electron chi connectivity index (χ2n) is 6.34. The molecule has 0 aliphatic heterocycles. The highest BCUT2D eigenvalue weighted by molar-refractivity contribution is 6.35. The van der Waals surface area contributed by atoms with Crippen molar-refractivity contribution in [2.24, 2.45) is 0 Å². The SMILES string of the molecule is COC(=O)c1ccc(N(Cc2cc(Cl)cc(Cl)c2OC(C)=O)C(C)=O)cc1OC(C)=O. The molecule has 0 atom stereocenters. The molecule has 0 unspecified atom stereocenters. The molecule has 0 saturated heterocycles. The monoisotopic (exact) mass is 467 g/mol. The van der Waals surface area contributed by atoms with E-state index in [2.05, 4.69) is 0 Å². The molecule has 31 heavy (non-hydrogen) atoms. The van der Waals surface area contributed by atoms with Gasteiger partial charge in [0, 0.05) is 43.1 Å². The minimum Gasteiger partial charge on any atom is -0.465 e. The van der Waals surface area contributed by atoms with Crippen molar-refractivity contribution in [3.8, 4) is 11.5 Å². The van der Waals surface area contributed by atoms with Crippen molar-refractivity contribution in [3.63, 3.8) is 0 Å². The van der Waals surface area contributed by atoms with Crippen LogP contribution in [-0.2, 0) is 25.7 Å². The number of halogens is 2. The Balaban J connectivity index is 2.55. The number of methoxy groups -OCH3 is 1. The highest BCUT2D eigenvalue weighted by atomic mass is 35.5. The van der Waals surface area contributed by atoms with Crippen LogP contribution in [0, 0.1) is 0 Å². The number of amides is 1. The zero-order valence-corrected chi connectivity index (χ0v) is 18.7. The van der Waals surface area contributed by atoms with E-state index >= 15 is 0 Å². The molecule has 0 aromatic heterocycles. The van der Waals surface area contributed by atoms with Crippen molar-refractivity contribution in [2.45, 2.75) is 27.3 Å². The van der Waals surface area contributed by atoms with Crippen molar-refractivity contribution in [1.82, 2.24) is 0 Å². The summed E-state index contributed by atoms with van der Waals surface area (Å²) in [5.41, 5.74) is 0.687. The molecule has 1 amide bonds. The van der Waals surface area contributed by atoms with Crippen LogP contribution in [0.5, 0.6) is 11.5 Å². The third-order valence-corrected chi connectivity index (χ3v) is 4.47. The molecule has 0 bridgehead atoms. The van der Waals surface area contributed by atoms with Gasteiger partial charge in [-0.05, 0) is 24.3 Å². The molecular weight excluding hydrogens is 449 g/mol. The van der Waals surface area contributed by atoms with Gasteiger partial charge in [0.2, 0.25) is 5.91 Å². The van der Waals surface area contributed by atoms with Gasteiger partial charge in [-0.3, -0.25) is 14.4 Å². The summed E-state index contributed by atoms with van der Waals surface area (Å²) < 4.78 is 15.0. The first-order chi connectivity index (χ1) is 14.5. The fourth-order valence-corrected chi connectivity index (χ4v) is 3.31. The Hall–Kier alpha value is -3.10. The van der Waals surface area contributed by atoms with Crippen LogP contribution in [0.2, 0.25) is 10.0 Å². The number of anilines is 1. The molecule has 2 aromatic rings. The number of ether oxygens (including phenoxy) is 3. The number of carbonyl (C=O) groups is 4. The van der Waals surface area contributed by atoms with Gasteiger partial charge in [0.05, 0.1) is 18.7 Å². The predicted octanol–water partition coefficient (Wildman–Crippen LogP) is 4.18. The lowest BCUT2D eigenvalue weighted by Crippen LogP contribution is -2.28. The molecule has 0 aliphatic carbocycles. The molecule has 164 valence electrons. The van der Waals surface area contributed by atoms with Crippen molar-refractivity contribution in [1.29, 1.82) is 0 Å². The lowest BCUT2D eigenvalue weighted by Gasteiger charge is -2.24. The molecule has 0 saturated carbocycles. The second-order valence-corrected chi connectivity index (χ2v) is 7.18. The van der Waals surface area contributed by atoms with E-state index in [0.717, 1.165) is 0 Å². The Morgan fingerprint density at radius 3 is 2.13 bits per heavy atom. The fourth-order valence-electron chi connectivity index (χ4n) is 2.74. The molecule has 8 nitrogen and oxygen atoms in total. The maximum absolute atomic E-state index is 12.4. The van der Waals surface area contributed by atoms with Crippen molar-refractivity contribution in [2.75, 3.05) is 12.0 Å². The van der Waals surface area contributed by atoms with Gasteiger partial charge in [0.1, 0.15) is 11.3 Å². The van der Waals surface area contributed by atoms with Crippen LogP contribution in [0.3, 0.4) is 0 Å². The number of nitrogens with zero attached hydrogens (tertiary/aromatic N) is 1. The summed E-state index contributed by atoms with van der Waals surface area (Å²) in [6.45, 7) is 3.64. The van der Waals surface area contributed by atoms with Crippen LogP contribution in [0.4, 0.5) is 5.69 Å². The third kappa shape index (κ3) is 6.19. The molecule has 0 heterocycles. The van der Waals surface area contributed by atoms with Gasteiger partial charge in [-0.1, -0.05) is 23.2 Å². The van der Waals surface area contributed by atoms with Crippen LogP contribution < -0.4 is 14.4 Å². The summed E-state index contributed by atoms with van der Waals surface area (Å²) in [7, 11) is 1.19. The third-order valence-electron chi connectivity index (χ3n) is 3.98. The fraction of sp³-hybridized carbons (Fsp3) is 0.238. The van der Waals surface area contributed by atoms with Gasteiger partial charge in [0.25, 0.3) is 0 Å². The Bertz CT molecular complexity index is 1050. The smallest absolute Gasteiger partial charge is 0.341 e. The molecule has 2 rings (SSSR count). The van der Waals surface area contributed by atoms with E-state index in [-0.39, 0.29) is 39.6 Å². The lowest BCUT2D eigenvalue weighted by atomic mass is 10.1. The minimum atomic E-state index is -0.712. The molecular formula is C21H19Cl2NO7. The summed E-state index contributed by atoms with van der Waals surface area (Å²) in [6.07, 6.45) is 0. The van der Waals surface area contributed by atoms with E-state index in [9.17, 15) is 19.2 Å². The van der Waals surface area contributed by atoms with Crippen molar-refractivity contribution in [3.05, 3.63) is 51.5 Å². The van der Waals surface area contributed by atoms with Crippen LogP contribution >= 0.6 is 23.2 Å². The molecule has 0 fully saturated rings. The van der Waals surface area contributed by atoms with Gasteiger partial charge in [-0.15, -0.1) is 0 Å². The first kappa shape index (κ1) is 24.2. The molecule has 10 heteroatoms. The van der Waals surface area contributed by atoms with Crippen LogP contribution in [0.25, 0.3) is 0 Å². The van der Waals surface area contributed by atoms with E-state index in [1.807, 2.05) is 0 Å². The number of rotatable bonds is 6. The van der Waals surface area contributed by atoms with E-state index in [1.54, 1.807) is 0 Å². The maximum Gasteiger partial charge on any atom is 0.341 e. The topological polar surface area (TPSA) is 99.2 Å². The standard InChI is InChI=1S/C21H19Cl2NO7/c1-11(25)24(10-14-7-15(22)8-18(23)20(14)31-13(3)27)16-5-6-17(21(28)29-4)19(9-16)30-12(2)26/h5-9H,10H2,1-4H3. The van der Waals surface area contributed by atoms with Gasteiger partial charge in [0.15, 0.2) is 5.75 Å². The molecule has 0 radical (unpaired) electrons. The van der Waals surface area contributed by atoms with Gasteiger partial charge in [-0.2, -0.15) is 0 Å². The average Bonchev–Trinajstić information content (AvgIpc) is 2.67. The molecule has 2 aromatic carbocycles. The van der Waals surface area contributed by atoms with Crippen molar-refractivity contribution >= 4 is 52.7 Å². The summed E-state index contributed by atoms with van der Waals surface area (Å²) in [6, 6.07) is 7.13. The van der Waals surface area contributed by atoms with E-state index in [0.29, 0.717) is 11.3 Å². The first-order valence-electron chi connectivity index (χ1n) is 8.88. The molecule has 0 aliphatic rings. The average molecular weight is 468 g/mol. The zero-order valence-electron chi connectivity index (χ0n) is 17.2. The Morgan fingerprint density at radius 1 is 0.935 bits per heavy atom. The second kappa shape index (κ2) is 10.3. The summed E-state index contributed by atoms with van der Waals surface area (Å²) in [5, 5.41) is 0.379. The highest BCUT2D eigenvalue weighted by Gasteiger charge is 2.22. The van der Waals surface area contributed by atoms with E-state index in [4.69, 9.17) is 37.4 Å². The quantitative estimate of drug-likeness (QED) is 0.463. The Labute approximate surface area is 188 Å². The van der Waals surface area contributed by atoms with E-state index < -0.39 is 17.9 Å². The van der Waals surface area contributed by atoms with Crippen LogP contribution in [-0.4, -0.2) is 30.9 Å². The summed E-state index contributed by atoms with van der Waals surface area (Å²) in [4.78, 5) is 48.6. The van der Waals surface area contributed by atoms with Gasteiger partial charge >= 0.3 is 17.9 Å². The number of carbonyl (C=O) groups excluding carboxylic acids is 4. The van der Waals surface area contributed by atoms with Gasteiger partial charge in [-0.25, -0.2) is 4.79 Å². The normalized spacial score (nSPS) is 10.3. The molecule has 0 spiro atoms. The Kier molecular flexibility index (Phi) is 8.01. The maximum atomic E-state index is 12.4. The zero-order chi connectivity index (χ0) is 23.3. The van der Waals surface area contributed by atoms with Crippen LogP contribution in [0.1, 0.15) is 36.7 Å².